The number of aromatic nitrogens is 4. The summed E-state index contributed by atoms with van der Waals surface area (Å²) in [6.45, 7) is -1.67. The molecule has 35 heavy (non-hydrogen) atoms. The number of nitrogens with zero attached hydrogens (tertiary/aromatic N) is 4. The largest absolute Gasteiger partial charge is 0.481 e. The van der Waals surface area contributed by atoms with Crippen molar-refractivity contribution >= 4 is 32.6 Å². The number of nitrogens with two attached hydrogens (primary N) is 1. The first-order valence-electron chi connectivity index (χ1n) is 10.1. The molecule has 6 heterocycles. The molecule has 8 N–H and O–H groups in total. The van der Waals surface area contributed by atoms with E-state index >= 15 is 0 Å². The van der Waals surface area contributed by atoms with Gasteiger partial charge in [-0.05, 0) is 0 Å². The lowest BCUT2D eigenvalue weighted by atomic mass is 10.1. The first-order chi connectivity index (χ1) is 16.4. The minimum atomic E-state index is -5.25. The second-order valence-electron chi connectivity index (χ2n) is 8.06. The average molecular weight is 542 g/mol. The van der Waals surface area contributed by atoms with Gasteiger partial charge in [-0.25, -0.2) is 18.7 Å². The van der Waals surface area contributed by atoms with Crippen molar-refractivity contribution in [1.82, 2.24) is 14.5 Å². The van der Waals surface area contributed by atoms with Crippen LogP contribution in [0.15, 0.2) is 12.7 Å². The number of phosphoric acid groups is 2. The van der Waals surface area contributed by atoms with Crippen molar-refractivity contribution in [2.24, 2.45) is 0 Å². The highest BCUT2D eigenvalue weighted by atomic mass is 31.3. The van der Waals surface area contributed by atoms with E-state index in [0.29, 0.717) is 0 Å². The zero-order chi connectivity index (χ0) is 25.3. The number of hydrogen-bond donors (Lipinski definition) is 7. The zero-order valence-corrected chi connectivity index (χ0v) is 19.3. The standard InChI is InChI=1S/C15H21N5O13P2/c16-12-7-13-18-4-19(12)14-10(23)8(21)5(31-14)1-29-34(25,26)33-35(27,28)30-2-6-9(22)11(24)15(32-6)20(13)3-17-7/h3-6,8-11,14-16,21-24H,1-2H2,(H2,25,26,27,28)/p+1/t5-,6-,8-,9+,10-,11-,14-,15-/m1/s1. The van der Waals surface area contributed by atoms with E-state index in [9.17, 15) is 39.3 Å². The molecule has 194 valence electrons. The maximum Gasteiger partial charge on any atom is 0.481 e. The molecule has 18 nitrogen and oxygen atoms in total. The van der Waals surface area contributed by atoms with Gasteiger partial charge in [-0.2, -0.15) is 4.31 Å². The van der Waals surface area contributed by atoms with E-state index in [2.05, 4.69) is 23.3 Å². The van der Waals surface area contributed by atoms with Crippen molar-refractivity contribution in [1.29, 1.82) is 0 Å². The number of rotatable bonds is 0. The minimum absolute atomic E-state index is 0.0574. The zero-order valence-electron chi connectivity index (χ0n) is 17.5. The number of aliphatic hydroxyl groups excluding tert-OH is 4. The van der Waals surface area contributed by atoms with E-state index in [1.807, 2.05) is 0 Å². The topological polar surface area (TPSA) is 262 Å². The van der Waals surface area contributed by atoms with E-state index in [-0.39, 0.29) is 17.0 Å². The van der Waals surface area contributed by atoms with Gasteiger partial charge in [0.15, 0.2) is 11.7 Å². The van der Waals surface area contributed by atoms with Crippen LogP contribution in [0.5, 0.6) is 0 Å². The summed E-state index contributed by atoms with van der Waals surface area (Å²) in [6, 6.07) is 0. The normalized spacial score (nSPS) is 44.6. The van der Waals surface area contributed by atoms with Crippen molar-refractivity contribution < 1.29 is 66.7 Å². The van der Waals surface area contributed by atoms with Crippen LogP contribution in [0.4, 0.5) is 5.82 Å². The minimum Gasteiger partial charge on any atom is -0.387 e. The molecule has 2 unspecified atom stereocenters. The van der Waals surface area contributed by atoms with Crippen LogP contribution in [0, 0.1) is 0 Å². The molecule has 10 atom stereocenters. The summed E-state index contributed by atoms with van der Waals surface area (Å²) in [7, 11) is -10.5. The third kappa shape index (κ3) is 4.40. The molecule has 0 saturated carbocycles. The molecule has 0 aromatic carbocycles. The molecule has 6 rings (SSSR count). The summed E-state index contributed by atoms with van der Waals surface area (Å²) in [5, 5.41) is 41.6. The van der Waals surface area contributed by atoms with Crippen molar-refractivity contribution in [2.45, 2.75) is 49.1 Å². The third-order valence-corrected chi connectivity index (χ3v) is 8.43. The van der Waals surface area contributed by atoms with Gasteiger partial charge < -0.3 is 45.4 Å². The number of ether oxygens (including phenoxy) is 2. The van der Waals surface area contributed by atoms with Gasteiger partial charge in [-0.3, -0.25) is 13.6 Å². The van der Waals surface area contributed by atoms with Crippen LogP contribution < -0.4 is 10.3 Å². The van der Waals surface area contributed by atoms with Crippen LogP contribution in [0.3, 0.4) is 0 Å². The number of phosphoric ester groups is 2. The van der Waals surface area contributed by atoms with Crippen LogP contribution in [0.2, 0.25) is 0 Å². The van der Waals surface area contributed by atoms with Crippen LogP contribution in [-0.4, -0.2) is 94.6 Å². The second-order valence-corrected chi connectivity index (χ2v) is 11.1. The Labute approximate surface area is 195 Å². The molecular formula is C15H22N5O13P2+. The summed E-state index contributed by atoms with van der Waals surface area (Å²) in [6.07, 6.45) is -9.37. The van der Waals surface area contributed by atoms with Gasteiger partial charge in [0.1, 0.15) is 43.0 Å². The van der Waals surface area contributed by atoms with Gasteiger partial charge in [0, 0.05) is 0 Å². The van der Waals surface area contributed by atoms with Gasteiger partial charge in [-0.15, -0.1) is 0 Å². The van der Waals surface area contributed by atoms with E-state index in [0.717, 1.165) is 4.57 Å². The lowest BCUT2D eigenvalue weighted by Crippen LogP contribution is -2.48. The Hall–Kier alpha value is -1.63. The number of nitrogen functional groups attached to an aromatic ring is 1. The maximum absolute atomic E-state index is 12.2. The van der Waals surface area contributed by atoms with Gasteiger partial charge in [0.05, 0.1) is 13.2 Å². The van der Waals surface area contributed by atoms with Crippen molar-refractivity contribution in [3.05, 3.63) is 12.7 Å². The summed E-state index contributed by atoms with van der Waals surface area (Å²) in [5.74, 6) is -0.0574. The lowest BCUT2D eigenvalue weighted by Gasteiger charge is -2.20. The van der Waals surface area contributed by atoms with Crippen LogP contribution >= 0.6 is 15.6 Å². The van der Waals surface area contributed by atoms with Gasteiger partial charge >= 0.3 is 15.6 Å². The molecular weight excluding hydrogens is 520 g/mol. The highest BCUT2D eigenvalue weighted by Gasteiger charge is 2.50. The molecule has 0 amide bonds. The van der Waals surface area contributed by atoms with Gasteiger partial charge in [-0.1, -0.05) is 4.98 Å². The average Bonchev–Trinajstić information content (AvgIpc) is 3.41. The Kier molecular flexibility index (Phi) is 6.25. The molecule has 0 radical (unpaired) electrons. The molecule has 20 heteroatoms. The predicted octanol–water partition coefficient (Wildman–Crippen LogP) is -3.20. The van der Waals surface area contributed by atoms with Crippen molar-refractivity contribution in [2.75, 3.05) is 18.9 Å². The first kappa shape index (κ1) is 25.0. The smallest absolute Gasteiger partial charge is 0.387 e. The molecule has 8 bridgehead atoms. The van der Waals surface area contributed by atoms with Gasteiger partial charge in [0.25, 0.3) is 5.82 Å². The molecule has 2 fully saturated rings. The van der Waals surface area contributed by atoms with Crippen LogP contribution in [0.25, 0.3) is 11.2 Å². The van der Waals surface area contributed by atoms with Crippen LogP contribution in [0.1, 0.15) is 12.5 Å². The Morgan fingerprint density at radius 1 is 0.943 bits per heavy atom. The number of anilines is 1. The quantitative estimate of drug-likeness (QED) is 0.128. The summed E-state index contributed by atoms with van der Waals surface area (Å²) in [4.78, 5) is 28.0. The molecule has 4 aliphatic heterocycles. The summed E-state index contributed by atoms with van der Waals surface area (Å²) < 4.78 is 51.3. The Morgan fingerprint density at radius 3 is 2.20 bits per heavy atom. The molecule has 2 aromatic rings. The van der Waals surface area contributed by atoms with Crippen molar-refractivity contribution in [3.8, 4) is 0 Å². The third-order valence-electron chi connectivity index (χ3n) is 5.83. The fraction of sp³-hybridized carbons (Fsp3) is 0.667. The molecule has 2 aromatic heterocycles. The van der Waals surface area contributed by atoms with E-state index < -0.39 is 77.9 Å². The maximum atomic E-state index is 12.2. The Balaban J connectivity index is 1.57. The van der Waals surface area contributed by atoms with E-state index in [4.69, 9.17) is 15.2 Å². The van der Waals surface area contributed by atoms with Crippen LogP contribution in [-0.2, 0) is 32.0 Å². The van der Waals surface area contributed by atoms with E-state index in [1.54, 1.807) is 0 Å². The molecule has 2 saturated heterocycles. The van der Waals surface area contributed by atoms with E-state index in [1.165, 1.54) is 17.2 Å². The fourth-order valence-electron chi connectivity index (χ4n) is 4.06. The lowest BCUT2D eigenvalue weighted by molar-refractivity contribution is -0.755. The number of aliphatic hydroxyl groups is 4. The predicted molar refractivity (Wildman–Crippen MR) is 107 cm³/mol. The first-order valence-corrected chi connectivity index (χ1v) is 13.1. The highest BCUT2D eigenvalue weighted by Crippen LogP contribution is 2.60. The van der Waals surface area contributed by atoms with Gasteiger partial charge in [0.2, 0.25) is 18.2 Å². The second kappa shape index (κ2) is 8.74. The monoisotopic (exact) mass is 542 g/mol. The number of imidazole rings is 1. The SMILES string of the molecule is Nc1c2ncn3c2nc[n+]1[C@@H]1O[C@H](COP(=O)(O)OP(=O)(O)OC[C@H]2O[C@@H]3[C@H](O)[C@H]2O)[C@@H](O)[C@H]1O. The Morgan fingerprint density at radius 2 is 1.54 bits per heavy atom. The fourth-order valence-corrected chi connectivity index (χ4v) is 6.15. The number of hydrogen-bond acceptors (Lipinski definition) is 14. The highest BCUT2D eigenvalue weighted by molar-refractivity contribution is 7.61. The molecule has 4 aliphatic rings. The molecule has 0 spiro atoms. The number of fused-ring (bicyclic) bond motifs is 7. The summed E-state index contributed by atoms with van der Waals surface area (Å²) in [5.41, 5.74) is 6.40. The summed E-state index contributed by atoms with van der Waals surface area (Å²) >= 11 is 0. The molecule has 0 aliphatic carbocycles. The van der Waals surface area contributed by atoms with Crippen molar-refractivity contribution in [3.63, 3.8) is 0 Å². The Bertz CT molecular complexity index is 1230.